The Morgan fingerprint density at radius 3 is 2.75 bits per heavy atom. The van der Waals surface area contributed by atoms with Crippen LogP contribution in [0.5, 0.6) is 17.2 Å². The van der Waals surface area contributed by atoms with Gasteiger partial charge in [0.1, 0.15) is 0 Å². The van der Waals surface area contributed by atoms with Crippen molar-refractivity contribution < 1.29 is 23.7 Å². The van der Waals surface area contributed by atoms with Crippen LogP contribution in [-0.2, 0) is 14.9 Å². The summed E-state index contributed by atoms with van der Waals surface area (Å²) in [6, 6.07) is 6.17. The Kier molecular flexibility index (Phi) is 4.52. The van der Waals surface area contributed by atoms with Gasteiger partial charge in [-0.2, -0.15) is 5.26 Å². The maximum absolute atomic E-state index is 11.9. The van der Waals surface area contributed by atoms with Crippen LogP contribution in [0.2, 0.25) is 0 Å². The van der Waals surface area contributed by atoms with E-state index in [1.165, 1.54) is 0 Å². The van der Waals surface area contributed by atoms with Crippen molar-refractivity contribution in [3.8, 4) is 23.3 Å². The molecular weight excluding hydrogens is 310 g/mol. The second kappa shape index (κ2) is 6.60. The van der Waals surface area contributed by atoms with E-state index in [9.17, 15) is 10.1 Å². The molecule has 0 saturated heterocycles. The summed E-state index contributed by atoms with van der Waals surface area (Å²) in [5, 5.41) is 9.86. The molecule has 0 bridgehead atoms. The monoisotopic (exact) mass is 331 g/mol. The van der Waals surface area contributed by atoms with Crippen molar-refractivity contribution in [2.75, 3.05) is 20.5 Å². The molecule has 1 aliphatic heterocycles. The highest BCUT2D eigenvalue weighted by Crippen LogP contribution is 2.48. The van der Waals surface area contributed by atoms with Gasteiger partial charge in [-0.1, -0.05) is 0 Å². The molecule has 1 heterocycles. The van der Waals surface area contributed by atoms with Gasteiger partial charge in [0.05, 0.1) is 31.1 Å². The van der Waals surface area contributed by atoms with Crippen molar-refractivity contribution in [1.29, 1.82) is 5.26 Å². The van der Waals surface area contributed by atoms with E-state index in [1.54, 1.807) is 14.0 Å². The molecule has 1 aromatic rings. The van der Waals surface area contributed by atoms with Gasteiger partial charge in [-0.3, -0.25) is 4.79 Å². The van der Waals surface area contributed by atoms with Crippen molar-refractivity contribution in [2.24, 2.45) is 5.92 Å². The van der Waals surface area contributed by atoms with Gasteiger partial charge < -0.3 is 18.9 Å². The molecule has 3 rings (SSSR count). The highest BCUT2D eigenvalue weighted by atomic mass is 16.7. The highest BCUT2D eigenvalue weighted by Gasteiger charge is 2.41. The summed E-state index contributed by atoms with van der Waals surface area (Å²) in [6.45, 7) is 2.34. The third-order valence-corrected chi connectivity index (χ3v) is 4.88. The number of hydrogen-bond donors (Lipinski definition) is 0. The standard InChI is InChI=1S/C18H21NO5/c1-3-22-17(20)12-4-6-18(10-19,7-5-12)13-8-14(21-2)16-15(9-13)23-11-24-16/h8-9,12H,3-7,11H2,1-2H3. The Hall–Kier alpha value is -2.42. The van der Waals surface area contributed by atoms with Gasteiger partial charge in [0, 0.05) is 0 Å². The molecule has 1 aromatic carbocycles. The third-order valence-electron chi connectivity index (χ3n) is 4.88. The lowest BCUT2D eigenvalue weighted by molar-refractivity contribution is -0.149. The largest absolute Gasteiger partial charge is 0.493 e. The molecule has 2 aliphatic rings. The number of carbonyl (C=O) groups excluding carboxylic acids is 1. The predicted octanol–water partition coefficient (Wildman–Crippen LogP) is 2.94. The summed E-state index contributed by atoms with van der Waals surface area (Å²) in [7, 11) is 1.57. The summed E-state index contributed by atoms with van der Waals surface area (Å²) in [6.07, 6.45) is 2.50. The summed E-state index contributed by atoms with van der Waals surface area (Å²) >= 11 is 0. The fourth-order valence-electron chi connectivity index (χ4n) is 3.48. The van der Waals surface area contributed by atoms with E-state index < -0.39 is 5.41 Å². The minimum Gasteiger partial charge on any atom is -0.493 e. The van der Waals surface area contributed by atoms with Crippen LogP contribution in [0.1, 0.15) is 38.2 Å². The van der Waals surface area contributed by atoms with Crippen molar-refractivity contribution in [1.82, 2.24) is 0 Å². The molecule has 0 spiro atoms. The van der Waals surface area contributed by atoms with Crippen molar-refractivity contribution in [3.63, 3.8) is 0 Å². The van der Waals surface area contributed by atoms with Gasteiger partial charge in [-0.25, -0.2) is 0 Å². The van der Waals surface area contributed by atoms with Crippen LogP contribution in [-0.4, -0.2) is 26.5 Å². The molecule has 24 heavy (non-hydrogen) atoms. The number of methoxy groups -OCH3 is 1. The maximum Gasteiger partial charge on any atom is 0.308 e. The number of nitrogens with zero attached hydrogens (tertiary/aromatic N) is 1. The van der Waals surface area contributed by atoms with Crippen LogP contribution >= 0.6 is 0 Å². The second-order valence-corrected chi connectivity index (χ2v) is 6.13. The molecule has 0 N–H and O–H groups in total. The SMILES string of the molecule is CCOC(=O)C1CCC(C#N)(c2cc(OC)c3c(c2)OCO3)CC1. The normalized spacial score (nSPS) is 25.0. The molecule has 0 amide bonds. The number of nitriles is 1. The van der Waals surface area contributed by atoms with Crippen LogP contribution in [0.25, 0.3) is 0 Å². The lowest BCUT2D eigenvalue weighted by Crippen LogP contribution is -2.33. The van der Waals surface area contributed by atoms with Gasteiger partial charge in [0.2, 0.25) is 12.5 Å². The average molecular weight is 331 g/mol. The van der Waals surface area contributed by atoms with E-state index in [0.717, 1.165) is 5.56 Å². The Labute approximate surface area is 141 Å². The third kappa shape index (κ3) is 2.75. The summed E-state index contributed by atoms with van der Waals surface area (Å²) in [5.41, 5.74) is 0.213. The van der Waals surface area contributed by atoms with Gasteiger partial charge in [0.25, 0.3) is 0 Å². The van der Waals surface area contributed by atoms with E-state index in [0.29, 0.717) is 49.5 Å². The zero-order valence-electron chi connectivity index (χ0n) is 14.0. The number of benzene rings is 1. The number of carbonyl (C=O) groups is 1. The fraction of sp³-hybridized carbons (Fsp3) is 0.556. The Bertz CT molecular complexity index is 671. The van der Waals surface area contributed by atoms with Crippen molar-refractivity contribution in [3.05, 3.63) is 17.7 Å². The first-order valence-corrected chi connectivity index (χ1v) is 8.19. The first-order chi connectivity index (χ1) is 11.6. The molecule has 6 heteroatoms. The van der Waals surface area contributed by atoms with Crippen LogP contribution in [0, 0.1) is 17.2 Å². The Balaban J connectivity index is 1.85. The van der Waals surface area contributed by atoms with Gasteiger partial charge in [0.15, 0.2) is 11.5 Å². The van der Waals surface area contributed by atoms with Crippen LogP contribution < -0.4 is 14.2 Å². The number of esters is 1. The number of rotatable bonds is 4. The predicted molar refractivity (Wildman–Crippen MR) is 85.0 cm³/mol. The van der Waals surface area contributed by atoms with Crippen molar-refractivity contribution in [2.45, 2.75) is 38.0 Å². The van der Waals surface area contributed by atoms with E-state index in [4.69, 9.17) is 18.9 Å². The summed E-state index contributed by atoms with van der Waals surface area (Å²) in [5.74, 6) is 1.47. The zero-order valence-corrected chi connectivity index (χ0v) is 14.0. The quantitative estimate of drug-likeness (QED) is 0.789. The van der Waals surface area contributed by atoms with Crippen LogP contribution in [0.4, 0.5) is 0 Å². The minimum absolute atomic E-state index is 0.123. The smallest absolute Gasteiger partial charge is 0.308 e. The van der Waals surface area contributed by atoms with E-state index in [2.05, 4.69) is 6.07 Å². The molecular formula is C18H21NO5. The van der Waals surface area contributed by atoms with Crippen LogP contribution in [0.15, 0.2) is 12.1 Å². The molecule has 0 atom stereocenters. The Morgan fingerprint density at radius 2 is 2.12 bits per heavy atom. The fourth-order valence-corrected chi connectivity index (χ4v) is 3.48. The van der Waals surface area contributed by atoms with E-state index in [1.807, 2.05) is 12.1 Å². The summed E-state index contributed by atoms with van der Waals surface area (Å²) in [4.78, 5) is 11.9. The Morgan fingerprint density at radius 1 is 1.38 bits per heavy atom. The van der Waals surface area contributed by atoms with Crippen molar-refractivity contribution >= 4 is 5.97 Å². The lowest BCUT2D eigenvalue weighted by atomic mass is 9.67. The molecule has 0 radical (unpaired) electrons. The number of hydrogen-bond acceptors (Lipinski definition) is 6. The van der Waals surface area contributed by atoms with E-state index in [-0.39, 0.29) is 18.7 Å². The zero-order chi connectivity index (χ0) is 17.2. The minimum atomic E-state index is -0.642. The molecule has 6 nitrogen and oxygen atoms in total. The highest BCUT2D eigenvalue weighted by molar-refractivity contribution is 5.72. The number of fused-ring (bicyclic) bond motifs is 1. The van der Waals surface area contributed by atoms with E-state index >= 15 is 0 Å². The topological polar surface area (TPSA) is 77.8 Å². The van der Waals surface area contributed by atoms with Crippen LogP contribution in [0.3, 0.4) is 0 Å². The molecule has 0 unspecified atom stereocenters. The molecule has 1 saturated carbocycles. The number of ether oxygens (including phenoxy) is 4. The van der Waals surface area contributed by atoms with Gasteiger partial charge in [-0.15, -0.1) is 0 Å². The maximum atomic E-state index is 11.9. The van der Waals surface area contributed by atoms with Gasteiger partial charge in [-0.05, 0) is 50.3 Å². The molecule has 0 aromatic heterocycles. The summed E-state index contributed by atoms with van der Waals surface area (Å²) < 4.78 is 21.4. The van der Waals surface area contributed by atoms with Gasteiger partial charge >= 0.3 is 5.97 Å². The lowest BCUT2D eigenvalue weighted by Gasteiger charge is -2.34. The first kappa shape index (κ1) is 16.4. The average Bonchev–Trinajstić information content (AvgIpc) is 3.09. The molecule has 1 aliphatic carbocycles. The second-order valence-electron chi connectivity index (χ2n) is 6.13. The molecule has 128 valence electrons. The molecule has 1 fully saturated rings. The first-order valence-electron chi connectivity index (χ1n) is 8.19.